The summed E-state index contributed by atoms with van der Waals surface area (Å²) >= 11 is 5.88. The summed E-state index contributed by atoms with van der Waals surface area (Å²) in [5.74, 6) is -0.348. The lowest BCUT2D eigenvalue weighted by molar-refractivity contribution is -0.192. The van der Waals surface area contributed by atoms with Crippen molar-refractivity contribution in [2.45, 2.75) is 111 Å². The van der Waals surface area contributed by atoms with E-state index in [1.807, 2.05) is 4.90 Å². The Kier molecular flexibility index (Phi) is 6.76. The zero-order valence-electron chi connectivity index (χ0n) is 19.4. The molecule has 6 unspecified atom stereocenters. The fraction of sp³-hybridized carbons (Fsp3) is 0.913. The highest BCUT2D eigenvalue weighted by atomic mass is 35.5. The van der Waals surface area contributed by atoms with Crippen LogP contribution in [0.1, 0.15) is 57.8 Å². The predicted molar refractivity (Wildman–Crippen MR) is 118 cm³/mol. The van der Waals surface area contributed by atoms with E-state index in [9.17, 15) is 27.2 Å². The summed E-state index contributed by atoms with van der Waals surface area (Å²) in [6, 6.07) is -1.52. The van der Waals surface area contributed by atoms with Gasteiger partial charge in [-0.1, -0.05) is 0 Å². The summed E-state index contributed by atoms with van der Waals surface area (Å²) in [7, 11) is 0. The molecule has 4 aliphatic carbocycles. The molecule has 6 rings (SSSR count). The van der Waals surface area contributed by atoms with Gasteiger partial charge in [0.1, 0.15) is 24.9 Å². The van der Waals surface area contributed by atoms with Crippen LogP contribution in [-0.2, 0) is 19.1 Å². The van der Waals surface area contributed by atoms with Gasteiger partial charge in [-0.05, 0) is 44.9 Å². The summed E-state index contributed by atoms with van der Waals surface area (Å²) in [6.07, 6.45) is -2.61. The Morgan fingerprint density at radius 1 is 1.14 bits per heavy atom. The molecule has 0 aromatic carbocycles. The summed E-state index contributed by atoms with van der Waals surface area (Å²) < 4.78 is 63.7. The molecule has 2 N–H and O–H groups in total. The minimum absolute atomic E-state index is 0.0585. The second-order valence-electron chi connectivity index (χ2n) is 11.0. The third-order valence-electron chi connectivity index (χ3n) is 8.35. The first-order chi connectivity index (χ1) is 16.5. The molecule has 2 aliphatic heterocycles. The van der Waals surface area contributed by atoms with E-state index in [4.69, 9.17) is 21.1 Å². The minimum atomic E-state index is -4.27. The lowest BCUT2D eigenvalue weighted by atomic mass is 9.43. The molecule has 2 amide bonds. The number of alkyl halides is 5. The molecule has 198 valence electrons. The first kappa shape index (κ1) is 25.5. The van der Waals surface area contributed by atoms with Crippen LogP contribution in [0.5, 0.6) is 0 Å². The topological polar surface area (TPSA) is 79.9 Å². The maximum atomic E-state index is 13.7. The largest absolute Gasteiger partial charge is 0.403 e. The van der Waals surface area contributed by atoms with Crippen LogP contribution in [-0.4, -0.2) is 89.6 Å². The van der Waals surface area contributed by atoms with Crippen molar-refractivity contribution in [3.05, 3.63) is 0 Å². The van der Waals surface area contributed by atoms with Gasteiger partial charge in [-0.25, -0.2) is 4.39 Å². The van der Waals surface area contributed by atoms with E-state index in [0.717, 1.165) is 0 Å². The van der Waals surface area contributed by atoms with Gasteiger partial charge in [0.2, 0.25) is 5.91 Å². The number of amides is 2. The third-order valence-corrected chi connectivity index (χ3v) is 8.84. The quantitative estimate of drug-likeness (QED) is 0.394. The van der Waals surface area contributed by atoms with Crippen LogP contribution < -0.4 is 10.6 Å². The van der Waals surface area contributed by atoms with Crippen LogP contribution in [0.2, 0.25) is 0 Å². The van der Waals surface area contributed by atoms with Gasteiger partial charge in [-0.3, -0.25) is 9.59 Å². The van der Waals surface area contributed by atoms with Crippen LogP contribution in [0.4, 0.5) is 17.6 Å². The molecule has 2 bridgehead atoms. The van der Waals surface area contributed by atoms with Gasteiger partial charge >= 0.3 is 6.18 Å². The summed E-state index contributed by atoms with van der Waals surface area (Å²) in [6.45, 7) is 0.507. The fourth-order valence-corrected chi connectivity index (χ4v) is 6.81. The van der Waals surface area contributed by atoms with Gasteiger partial charge < -0.3 is 25.0 Å². The number of hydrogen-bond acceptors (Lipinski definition) is 5. The average Bonchev–Trinajstić information content (AvgIpc) is 3.10. The van der Waals surface area contributed by atoms with Crippen LogP contribution in [0, 0.1) is 0 Å². The highest BCUT2D eigenvalue weighted by molar-refractivity contribution is 6.21. The molecule has 12 heteroatoms. The number of carbonyl (C=O) groups excluding carboxylic acids is 2. The predicted octanol–water partition coefficient (Wildman–Crippen LogP) is 2.59. The first-order valence-electron chi connectivity index (χ1n) is 12.5. The normalized spacial score (nSPS) is 43.5. The molecule has 2 heterocycles. The van der Waals surface area contributed by atoms with Gasteiger partial charge in [0.25, 0.3) is 5.91 Å². The number of nitrogens with zero attached hydrogens (tertiary/aromatic N) is 1. The van der Waals surface area contributed by atoms with E-state index >= 15 is 0 Å². The number of hydrogen-bond donors (Lipinski definition) is 2. The van der Waals surface area contributed by atoms with Gasteiger partial charge in [0.05, 0.1) is 17.6 Å². The fourth-order valence-electron chi connectivity index (χ4n) is 6.58. The first-order valence-corrected chi connectivity index (χ1v) is 12.9. The Labute approximate surface area is 206 Å². The summed E-state index contributed by atoms with van der Waals surface area (Å²) in [5.41, 5.74) is -0.592. The van der Waals surface area contributed by atoms with Crippen molar-refractivity contribution >= 4 is 23.4 Å². The lowest BCUT2D eigenvalue weighted by Gasteiger charge is -2.73. The maximum absolute atomic E-state index is 13.7. The van der Waals surface area contributed by atoms with Crippen LogP contribution in [0.3, 0.4) is 0 Å². The van der Waals surface area contributed by atoms with Gasteiger partial charge in [0.15, 0.2) is 0 Å². The zero-order chi connectivity index (χ0) is 25.0. The number of ether oxygens (including phenoxy) is 2. The van der Waals surface area contributed by atoms with Gasteiger partial charge in [-0.15, -0.1) is 11.6 Å². The Balaban J connectivity index is 1.03. The molecule has 7 nitrogen and oxygen atoms in total. The number of nitrogens with one attached hydrogen (secondary N) is 2. The third kappa shape index (κ3) is 5.02. The number of halogens is 5. The van der Waals surface area contributed by atoms with E-state index < -0.39 is 36.0 Å². The van der Waals surface area contributed by atoms with Crippen LogP contribution in [0.15, 0.2) is 0 Å². The molecule has 0 aromatic rings. The zero-order valence-corrected chi connectivity index (χ0v) is 20.2. The minimum Gasteiger partial charge on any atom is -0.368 e. The Hall–Kier alpha value is -1.17. The lowest BCUT2D eigenvalue weighted by Crippen LogP contribution is -2.84. The number of likely N-dealkylation sites (tertiary alicyclic amines) is 1. The second kappa shape index (κ2) is 9.29. The Morgan fingerprint density at radius 3 is 2.49 bits per heavy atom. The van der Waals surface area contributed by atoms with Crippen molar-refractivity contribution in [3.63, 3.8) is 0 Å². The average molecular weight is 526 g/mol. The van der Waals surface area contributed by atoms with Gasteiger partial charge in [-0.2, -0.15) is 13.2 Å². The highest BCUT2D eigenvalue weighted by Crippen LogP contribution is 2.64. The van der Waals surface area contributed by atoms with E-state index in [0.29, 0.717) is 45.1 Å². The van der Waals surface area contributed by atoms with Crippen LogP contribution in [0.25, 0.3) is 0 Å². The molecule has 6 fully saturated rings. The molecule has 0 aromatic heterocycles. The van der Waals surface area contributed by atoms with Crippen molar-refractivity contribution in [2.24, 2.45) is 0 Å². The Bertz CT molecular complexity index is 818. The molecule has 0 spiro atoms. The smallest absolute Gasteiger partial charge is 0.368 e. The summed E-state index contributed by atoms with van der Waals surface area (Å²) in [5, 5.41) is 5.01. The standard InChI is InChI=1S/C23H32ClF4N3O4/c24-15-3-1-13(7-16(15)25)34-9-19(32)30-21-10-22(11-21,12-21)31-6-5-17(20(31)33)35-14-2-4-18(29-8-14)23(26,27)28/h13-18,29H,1-12H2,(H,30,32). The van der Waals surface area contributed by atoms with Crippen molar-refractivity contribution in [2.75, 3.05) is 19.7 Å². The monoisotopic (exact) mass is 525 g/mol. The van der Waals surface area contributed by atoms with E-state index in [1.165, 1.54) is 0 Å². The number of carbonyl (C=O) groups is 2. The Morgan fingerprint density at radius 2 is 1.86 bits per heavy atom. The van der Waals surface area contributed by atoms with E-state index in [2.05, 4.69) is 10.6 Å². The molecule has 6 aliphatic rings. The van der Waals surface area contributed by atoms with Crippen molar-refractivity contribution in [1.82, 2.24) is 15.5 Å². The molecule has 35 heavy (non-hydrogen) atoms. The number of rotatable bonds is 7. The van der Waals surface area contributed by atoms with Crippen molar-refractivity contribution < 1.29 is 36.6 Å². The van der Waals surface area contributed by atoms with Gasteiger partial charge in [0, 0.05) is 37.0 Å². The molecular formula is C23H32ClF4N3O4. The van der Waals surface area contributed by atoms with Crippen LogP contribution >= 0.6 is 11.6 Å². The molecule has 2 saturated heterocycles. The SMILES string of the molecule is O=C(COC1CCC(Cl)C(F)C1)NC12CC(N3CCC(OC4CCC(C(F)(F)F)NC4)C3=O)(C1)C2. The molecule has 0 radical (unpaired) electrons. The van der Waals surface area contributed by atoms with Crippen molar-refractivity contribution in [1.29, 1.82) is 0 Å². The highest BCUT2D eigenvalue weighted by Gasteiger charge is 2.72. The number of piperidine rings is 1. The summed E-state index contributed by atoms with van der Waals surface area (Å²) in [4.78, 5) is 27.2. The maximum Gasteiger partial charge on any atom is 0.403 e. The molecular weight excluding hydrogens is 494 g/mol. The molecule has 6 atom stereocenters. The van der Waals surface area contributed by atoms with E-state index in [1.54, 1.807) is 0 Å². The molecule has 4 saturated carbocycles. The van der Waals surface area contributed by atoms with E-state index in [-0.39, 0.29) is 61.4 Å². The van der Waals surface area contributed by atoms with Crippen molar-refractivity contribution in [3.8, 4) is 0 Å². The second-order valence-corrected chi connectivity index (χ2v) is 11.5.